The van der Waals surface area contributed by atoms with E-state index < -0.39 is 0 Å². The average Bonchev–Trinajstić information content (AvgIpc) is 2.19. The Morgan fingerprint density at radius 2 is 2.21 bits per heavy atom. The minimum atomic E-state index is 0.884. The molecular formula is C11H18N2O. The molecule has 3 heteroatoms. The van der Waals surface area contributed by atoms with E-state index in [2.05, 4.69) is 29.4 Å². The van der Waals surface area contributed by atoms with Gasteiger partial charge in [0.2, 0.25) is 0 Å². The third-order valence-corrected chi connectivity index (χ3v) is 2.62. The largest absolute Gasteiger partial charge is 0.387 e. The smallest absolute Gasteiger partial charge is 0.0594 e. The van der Waals surface area contributed by atoms with Crippen LogP contribution in [-0.2, 0) is 4.74 Å². The van der Waals surface area contributed by atoms with E-state index in [0.29, 0.717) is 0 Å². The first kappa shape index (κ1) is 9.74. The molecule has 0 aromatic carbocycles. The van der Waals surface area contributed by atoms with Crippen molar-refractivity contribution in [2.75, 3.05) is 39.4 Å². The molecule has 0 unspecified atom stereocenters. The van der Waals surface area contributed by atoms with E-state index in [-0.39, 0.29) is 0 Å². The van der Waals surface area contributed by atoms with E-state index in [0.717, 1.165) is 39.4 Å². The van der Waals surface area contributed by atoms with Gasteiger partial charge in [-0.2, -0.15) is 0 Å². The third kappa shape index (κ3) is 2.59. The van der Waals surface area contributed by atoms with Crippen LogP contribution in [0.2, 0.25) is 0 Å². The summed E-state index contributed by atoms with van der Waals surface area (Å²) in [5, 5.41) is 3.29. The molecule has 0 aromatic rings. The Morgan fingerprint density at radius 3 is 2.93 bits per heavy atom. The van der Waals surface area contributed by atoms with Gasteiger partial charge in [-0.05, 0) is 24.3 Å². The average molecular weight is 194 g/mol. The molecule has 2 heterocycles. The van der Waals surface area contributed by atoms with Crippen LogP contribution in [0.1, 0.15) is 6.92 Å². The van der Waals surface area contributed by atoms with Crippen molar-refractivity contribution in [2.45, 2.75) is 6.92 Å². The zero-order chi connectivity index (χ0) is 9.80. The molecule has 0 atom stereocenters. The maximum absolute atomic E-state index is 5.32. The Labute approximate surface area is 85.4 Å². The second-order valence-electron chi connectivity index (χ2n) is 3.96. The quantitative estimate of drug-likeness (QED) is 0.702. The molecule has 0 bridgehead atoms. The van der Waals surface area contributed by atoms with E-state index in [4.69, 9.17) is 4.74 Å². The summed E-state index contributed by atoms with van der Waals surface area (Å²) >= 11 is 0. The molecule has 2 aliphatic rings. The second-order valence-corrected chi connectivity index (χ2v) is 3.96. The van der Waals surface area contributed by atoms with Crippen LogP contribution in [0.25, 0.3) is 0 Å². The Bertz CT molecular complexity index is 252. The Morgan fingerprint density at radius 1 is 1.43 bits per heavy atom. The van der Waals surface area contributed by atoms with Crippen molar-refractivity contribution in [3.63, 3.8) is 0 Å². The number of rotatable bonds is 2. The lowest BCUT2D eigenvalue weighted by Crippen LogP contribution is -2.38. The molecular weight excluding hydrogens is 176 g/mol. The zero-order valence-corrected chi connectivity index (χ0v) is 8.75. The predicted octanol–water partition coefficient (Wildman–Crippen LogP) is 0.752. The van der Waals surface area contributed by atoms with Crippen LogP contribution in [0.15, 0.2) is 23.4 Å². The van der Waals surface area contributed by atoms with Crippen LogP contribution in [0.4, 0.5) is 0 Å². The topological polar surface area (TPSA) is 24.5 Å². The molecule has 0 aromatic heterocycles. The number of ether oxygens (including phenoxy) is 1. The van der Waals surface area contributed by atoms with Crippen molar-refractivity contribution in [1.82, 2.24) is 10.2 Å². The number of hydrogen-bond acceptors (Lipinski definition) is 3. The fourth-order valence-corrected chi connectivity index (χ4v) is 1.91. The van der Waals surface area contributed by atoms with Crippen LogP contribution in [-0.4, -0.2) is 44.3 Å². The maximum Gasteiger partial charge on any atom is 0.0594 e. The Balaban J connectivity index is 1.87. The number of morpholine rings is 1. The summed E-state index contributed by atoms with van der Waals surface area (Å²) in [6.07, 6.45) is 4.36. The number of hydrogen-bond donors (Lipinski definition) is 1. The predicted molar refractivity (Wildman–Crippen MR) is 57.1 cm³/mol. The first-order valence-electron chi connectivity index (χ1n) is 5.24. The number of allylic oxidation sites excluding steroid dienone is 2. The van der Waals surface area contributed by atoms with Crippen molar-refractivity contribution in [3.05, 3.63) is 23.4 Å². The van der Waals surface area contributed by atoms with Crippen molar-refractivity contribution < 1.29 is 4.74 Å². The molecule has 2 rings (SSSR count). The monoisotopic (exact) mass is 194 g/mol. The van der Waals surface area contributed by atoms with Crippen LogP contribution in [0, 0.1) is 0 Å². The summed E-state index contributed by atoms with van der Waals surface area (Å²) in [5.74, 6) is 0. The van der Waals surface area contributed by atoms with Gasteiger partial charge in [-0.25, -0.2) is 0 Å². The van der Waals surface area contributed by atoms with Crippen LogP contribution in [0.5, 0.6) is 0 Å². The van der Waals surface area contributed by atoms with E-state index in [1.807, 2.05) is 0 Å². The minimum absolute atomic E-state index is 0.884. The molecule has 78 valence electrons. The molecule has 1 saturated heterocycles. The second kappa shape index (κ2) is 4.62. The highest BCUT2D eigenvalue weighted by Gasteiger charge is 2.12. The van der Waals surface area contributed by atoms with Gasteiger partial charge in [-0.3, -0.25) is 4.90 Å². The van der Waals surface area contributed by atoms with Gasteiger partial charge in [0.05, 0.1) is 13.2 Å². The standard InChI is InChI=1S/C11H18N2O/c1-10-6-11(8-12-7-10)9-13-2-4-14-5-3-13/h6-7,12H,2-5,8-9H2,1H3. The highest BCUT2D eigenvalue weighted by atomic mass is 16.5. The maximum atomic E-state index is 5.32. The van der Waals surface area contributed by atoms with Gasteiger partial charge < -0.3 is 10.1 Å². The fraction of sp³-hybridized carbons (Fsp3) is 0.636. The van der Waals surface area contributed by atoms with Crippen molar-refractivity contribution in [1.29, 1.82) is 0 Å². The lowest BCUT2D eigenvalue weighted by molar-refractivity contribution is 0.0421. The zero-order valence-electron chi connectivity index (χ0n) is 8.75. The molecule has 14 heavy (non-hydrogen) atoms. The van der Waals surface area contributed by atoms with E-state index in [9.17, 15) is 0 Å². The normalized spacial score (nSPS) is 23.8. The summed E-state index contributed by atoms with van der Waals surface area (Å²) in [6, 6.07) is 0. The van der Waals surface area contributed by atoms with Gasteiger partial charge in [0.25, 0.3) is 0 Å². The SMILES string of the molecule is CC1=CNCC(CN2CCOCC2)=C1. The number of nitrogens with one attached hydrogen (secondary N) is 1. The lowest BCUT2D eigenvalue weighted by atomic mass is 10.1. The van der Waals surface area contributed by atoms with E-state index >= 15 is 0 Å². The van der Waals surface area contributed by atoms with Crippen molar-refractivity contribution in [3.8, 4) is 0 Å². The molecule has 0 aliphatic carbocycles. The van der Waals surface area contributed by atoms with Crippen LogP contribution in [0.3, 0.4) is 0 Å². The van der Waals surface area contributed by atoms with Crippen LogP contribution < -0.4 is 5.32 Å². The summed E-state index contributed by atoms with van der Waals surface area (Å²) < 4.78 is 5.32. The summed E-state index contributed by atoms with van der Waals surface area (Å²) in [5.41, 5.74) is 2.80. The molecule has 1 N–H and O–H groups in total. The Kier molecular flexibility index (Phi) is 3.22. The molecule has 3 nitrogen and oxygen atoms in total. The van der Waals surface area contributed by atoms with Crippen molar-refractivity contribution in [2.24, 2.45) is 0 Å². The molecule has 0 saturated carbocycles. The van der Waals surface area contributed by atoms with Gasteiger partial charge in [0, 0.05) is 26.2 Å². The molecule has 1 fully saturated rings. The fourth-order valence-electron chi connectivity index (χ4n) is 1.91. The highest BCUT2D eigenvalue weighted by molar-refractivity contribution is 5.27. The van der Waals surface area contributed by atoms with Crippen molar-refractivity contribution >= 4 is 0 Å². The molecule has 2 aliphatic heterocycles. The summed E-state index contributed by atoms with van der Waals surface area (Å²) in [7, 11) is 0. The van der Waals surface area contributed by atoms with E-state index in [1.54, 1.807) is 0 Å². The molecule has 0 amide bonds. The highest BCUT2D eigenvalue weighted by Crippen LogP contribution is 2.08. The van der Waals surface area contributed by atoms with E-state index in [1.165, 1.54) is 11.1 Å². The minimum Gasteiger partial charge on any atom is -0.387 e. The third-order valence-electron chi connectivity index (χ3n) is 2.62. The van der Waals surface area contributed by atoms with Gasteiger partial charge >= 0.3 is 0 Å². The van der Waals surface area contributed by atoms with Gasteiger partial charge in [-0.15, -0.1) is 0 Å². The van der Waals surface area contributed by atoms with Crippen LogP contribution >= 0.6 is 0 Å². The first-order chi connectivity index (χ1) is 6.84. The number of dihydropyridines is 1. The van der Waals surface area contributed by atoms with Gasteiger partial charge in [0.15, 0.2) is 0 Å². The molecule has 0 spiro atoms. The van der Waals surface area contributed by atoms with Gasteiger partial charge in [0.1, 0.15) is 0 Å². The van der Waals surface area contributed by atoms with Gasteiger partial charge in [-0.1, -0.05) is 6.08 Å². The number of nitrogens with zero attached hydrogens (tertiary/aromatic N) is 1. The first-order valence-corrected chi connectivity index (χ1v) is 5.24. The Hall–Kier alpha value is -0.800. The lowest BCUT2D eigenvalue weighted by Gasteiger charge is -2.28. The summed E-state index contributed by atoms with van der Waals surface area (Å²) in [6.45, 7) is 8.12. The molecule has 0 radical (unpaired) electrons. The summed E-state index contributed by atoms with van der Waals surface area (Å²) in [4.78, 5) is 2.45.